The van der Waals surface area contributed by atoms with Crippen molar-refractivity contribution in [1.29, 1.82) is 0 Å². The second-order valence-corrected chi connectivity index (χ2v) is 8.23. The van der Waals surface area contributed by atoms with E-state index in [9.17, 15) is 0 Å². The minimum absolute atomic E-state index is 0.476. The van der Waals surface area contributed by atoms with E-state index in [1.807, 2.05) is 48.5 Å². The molecule has 0 unspecified atom stereocenters. The Bertz CT molecular complexity index is 1220. The van der Waals surface area contributed by atoms with Crippen LogP contribution in [0.4, 0.5) is 0 Å². The van der Waals surface area contributed by atoms with E-state index in [2.05, 4.69) is 23.7 Å². The van der Waals surface area contributed by atoms with Gasteiger partial charge in [0, 0.05) is 23.7 Å². The van der Waals surface area contributed by atoms with Crippen LogP contribution in [0.3, 0.4) is 0 Å². The Labute approximate surface area is 205 Å². The summed E-state index contributed by atoms with van der Waals surface area (Å²) in [5.41, 5.74) is 2.12. The highest BCUT2D eigenvalue weighted by molar-refractivity contribution is 6.30. The number of ether oxygens (including phenoxy) is 3. The number of halogens is 1. The molecule has 0 aliphatic carbocycles. The summed E-state index contributed by atoms with van der Waals surface area (Å²) < 4.78 is 23.5. The van der Waals surface area contributed by atoms with Crippen LogP contribution in [0.25, 0.3) is 22.6 Å². The third-order valence-corrected chi connectivity index (χ3v) is 5.85. The van der Waals surface area contributed by atoms with Crippen molar-refractivity contribution in [3.8, 4) is 34.5 Å². The lowest BCUT2D eigenvalue weighted by atomic mass is 10.2. The first kappa shape index (κ1) is 23.9. The molecule has 1 heterocycles. The molecule has 4 rings (SSSR count). The predicted octanol–water partition coefficient (Wildman–Crippen LogP) is 7.06. The molecule has 4 aromatic rings. The summed E-state index contributed by atoms with van der Waals surface area (Å²) in [5, 5.41) is 0.660. The normalized spacial score (nSPS) is 11.2. The fourth-order valence-corrected chi connectivity index (χ4v) is 3.80. The van der Waals surface area contributed by atoms with Crippen molar-refractivity contribution in [3.05, 3.63) is 65.7 Å². The van der Waals surface area contributed by atoms with Gasteiger partial charge in [-0.3, -0.25) is 0 Å². The maximum atomic E-state index is 6.04. The molecular weight excluding hydrogens is 452 g/mol. The van der Waals surface area contributed by atoms with Crippen molar-refractivity contribution >= 4 is 22.7 Å². The van der Waals surface area contributed by atoms with Crippen molar-refractivity contribution in [2.75, 3.05) is 33.4 Å². The molecule has 0 saturated carbocycles. The third-order valence-electron chi connectivity index (χ3n) is 5.59. The van der Waals surface area contributed by atoms with Crippen LogP contribution in [0.2, 0.25) is 5.02 Å². The van der Waals surface area contributed by atoms with E-state index in [4.69, 9.17) is 30.2 Å². The molecule has 0 saturated heterocycles. The molecule has 6 nitrogen and oxygen atoms in total. The van der Waals surface area contributed by atoms with Crippen LogP contribution >= 0.6 is 11.6 Å². The molecule has 178 valence electrons. The van der Waals surface area contributed by atoms with Gasteiger partial charge in [-0.1, -0.05) is 25.4 Å². The molecule has 0 spiro atoms. The van der Waals surface area contributed by atoms with Crippen LogP contribution in [0, 0.1) is 0 Å². The minimum Gasteiger partial charge on any atom is -0.496 e. The SMILES string of the molecule is CCN(CC)CCCOc1ccc(-c2nc3ccc(Oc4ccc(Cl)cc4)cc3o2)c(OC)c1. The number of fused-ring (bicyclic) bond motifs is 1. The molecule has 0 bridgehead atoms. The van der Waals surface area contributed by atoms with Gasteiger partial charge >= 0.3 is 0 Å². The highest BCUT2D eigenvalue weighted by atomic mass is 35.5. The number of hydrogen-bond donors (Lipinski definition) is 0. The third kappa shape index (κ3) is 5.82. The zero-order chi connectivity index (χ0) is 23.9. The van der Waals surface area contributed by atoms with Gasteiger partial charge in [-0.25, -0.2) is 4.98 Å². The van der Waals surface area contributed by atoms with Crippen LogP contribution < -0.4 is 14.2 Å². The molecule has 0 radical (unpaired) electrons. The summed E-state index contributed by atoms with van der Waals surface area (Å²) >= 11 is 5.94. The Balaban J connectivity index is 1.47. The molecule has 0 N–H and O–H groups in total. The van der Waals surface area contributed by atoms with Gasteiger partial charge in [0.05, 0.1) is 19.3 Å². The zero-order valence-corrected chi connectivity index (χ0v) is 20.5. The van der Waals surface area contributed by atoms with Gasteiger partial charge in [0.1, 0.15) is 28.5 Å². The van der Waals surface area contributed by atoms with Crippen molar-refractivity contribution in [2.45, 2.75) is 20.3 Å². The fourth-order valence-electron chi connectivity index (χ4n) is 3.68. The van der Waals surface area contributed by atoms with Gasteiger partial charge in [0.25, 0.3) is 0 Å². The number of aromatic nitrogens is 1. The summed E-state index contributed by atoms with van der Waals surface area (Å²) in [6.45, 7) is 8.13. The second kappa shape index (κ2) is 11.3. The molecule has 34 heavy (non-hydrogen) atoms. The molecule has 0 aliphatic rings. The highest BCUT2D eigenvalue weighted by Gasteiger charge is 2.15. The molecule has 0 fully saturated rings. The number of hydrogen-bond acceptors (Lipinski definition) is 6. The summed E-state index contributed by atoms with van der Waals surface area (Å²) in [7, 11) is 1.63. The van der Waals surface area contributed by atoms with Gasteiger partial charge in [-0.2, -0.15) is 0 Å². The first-order valence-electron chi connectivity index (χ1n) is 11.5. The van der Waals surface area contributed by atoms with Crippen molar-refractivity contribution in [1.82, 2.24) is 9.88 Å². The summed E-state index contributed by atoms with van der Waals surface area (Å²) in [6.07, 6.45) is 0.970. The Morgan fingerprint density at radius 1 is 0.912 bits per heavy atom. The number of rotatable bonds is 11. The Kier molecular flexibility index (Phi) is 7.93. The monoisotopic (exact) mass is 480 g/mol. The Morgan fingerprint density at radius 3 is 2.38 bits per heavy atom. The van der Waals surface area contributed by atoms with Crippen LogP contribution in [0.1, 0.15) is 20.3 Å². The maximum absolute atomic E-state index is 6.04. The quantitative estimate of drug-likeness (QED) is 0.214. The van der Waals surface area contributed by atoms with E-state index in [0.29, 0.717) is 40.4 Å². The van der Waals surface area contributed by atoms with E-state index in [0.717, 1.165) is 42.9 Å². The lowest BCUT2D eigenvalue weighted by molar-refractivity contribution is 0.248. The first-order valence-corrected chi connectivity index (χ1v) is 11.8. The number of benzene rings is 3. The van der Waals surface area contributed by atoms with Crippen LogP contribution in [0.5, 0.6) is 23.0 Å². The molecule has 0 aliphatic heterocycles. The average Bonchev–Trinajstić information content (AvgIpc) is 3.28. The summed E-state index contributed by atoms with van der Waals surface area (Å²) in [5.74, 6) is 3.22. The smallest absolute Gasteiger partial charge is 0.231 e. The first-order chi connectivity index (χ1) is 16.6. The number of oxazole rings is 1. The van der Waals surface area contributed by atoms with Crippen molar-refractivity contribution < 1.29 is 18.6 Å². The molecule has 3 aromatic carbocycles. The van der Waals surface area contributed by atoms with Crippen molar-refractivity contribution in [2.24, 2.45) is 0 Å². The van der Waals surface area contributed by atoms with Crippen LogP contribution in [-0.4, -0.2) is 43.2 Å². The van der Waals surface area contributed by atoms with Crippen molar-refractivity contribution in [3.63, 3.8) is 0 Å². The second-order valence-electron chi connectivity index (χ2n) is 7.80. The van der Waals surface area contributed by atoms with Gasteiger partial charge in [0.2, 0.25) is 5.89 Å². The topological polar surface area (TPSA) is 57.0 Å². The summed E-state index contributed by atoms with van der Waals surface area (Å²) in [4.78, 5) is 7.01. The van der Waals surface area contributed by atoms with E-state index >= 15 is 0 Å². The molecule has 1 aromatic heterocycles. The Hall–Kier alpha value is -3.22. The van der Waals surface area contributed by atoms with Crippen LogP contribution in [0.15, 0.2) is 65.1 Å². The van der Waals surface area contributed by atoms with Gasteiger partial charge < -0.3 is 23.5 Å². The van der Waals surface area contributed by atoms with Gasteiger partial charge in [-0.05, 0) is 68.0 Å². The zero-order valence-electron chi connectivity index (χ0n) is 19.7. The summed E-state index contributed by atoms with van der Waals surface area (Å²) in [6, 6.07) is 18.4. The number of methoxy groups -OCH3 is 1. The van der Waals surface area contributed by atoms with E-state index < -0.39 is 0 Å². The largest absolute Gasteiger partial charge is 0.496 e. The van der Waals surface area contributed by atoms with Crippen LogP contribution in [-0.2, 0) is 0 Å². The number of nitrogens with zero attached hydrogens (tertiary/aromatic N) is 2. The molecular formula is C27H29ClN2O4. The van der Waals surface area contributed by atoms with E-state index in [1.54, 1.807) is 19.2 Å². The lowest BCUT2D eigenvalue weighted by Crippen LogP contribution is -2.25. The standard InChI is InChI=1S/C27H29ClN2O4/c1-4-30(5-2)15-6-16-32-21-11-13-23(25(17-21)31-3)27-29-24-14-12-22(18-26(24)34-27)33-20-9-7-19(28)8-10-20/h7-14,17-18H,4-6,15-16H2,1-3H3. The average molecular weight is 481 g/mol. The maximum Gasteiger partial charge on any atom is 0.231 e. The lowest BCUT2D eigenvalue weighted by Gasteiger charge is -2.17. The Morgan fingerprint density at radius 2 is 1.65 bits per heavy atom. The van der Waals surface area contributed by atoms with Gasteiger partial charge in [-0.15, -0.1) is 0 Å². The van der Waals surface area contributed by atoms with E-state index in [1.165, 1.54) is 0 Å². The molecule has 0 atom stereocenters. The fraction of sp³-hybridized carbons (Fsp3) is 0.296. The highest BCUT2D eigenvalue weighted by Crippen LogP contribution is 2.36. The van der Waals surface area contributed by atoms with Gasteiger partial charge in [0.15, 0.2) is 5.58 Å². The predicted molar refractivity (Wildman–Crippen MR) is 135 cm³/mol. The minimum atomic E-state index is 0.476. The van der Waals surface area contributed by atoms with E-state index in [-0.39, 0.29) is 0 Å². The molecule has 0 amide bonds. The molecule has 7 heteroatoms.